The van der Waals surface area contributed by atoms with Crippen LogP contribution >= 0.6 is 0 Å². The fourth-order valence-electron chi connectivity index (χ4n) is 2.46. The van der Waals surface area contributed by atoms with Crippen molar-refractivity contribution in [3.63, 3.8) is 0 Å². The largest absolute Gasteiger partial charge is 0.457 e. The van der Waals surface area contributed by atoms with Gasteiger partial charge in [-0.1, -0.05) is 12.1 Å². The number of ether oxygens (including phenoxy) is 1. The third-order valence-electron chi connectivity index (χ3n) is 3.43. The van der Waals surface area contributed by atoms with E-state index in [0.29, 0.717) is 12.0 Å². The molecule has 2 nitrogen and oxygen atoms in total. The van der Waals surface area contributed by atoms with Gasteiger partial charge >= 0.3 is 0 Å². The lowest BCUT2D eigenvalue weighted by atomic mass is 10.1. The quantitative estimate of drug-likeness (QED) is 0.778. The Morgan fingerprint density at radius 3 is 2.79 bits per heavy atom. The number of fused-ring (bicyclic) bond motifs is 1. The van der Waals surface area contributed by atoms with E-state index in [-0.39, 0.29) is 11.3 Å². The summed E-state index contributed by atoms with van der Waals surface area (Å²) in [5.74, 6) is 0.343. The first-order valence-electron chi connectivity index (χ1n) is 6.31. The number of carbonyl (C=O) groups is 1. The van der Waals surface area contributed by atoms with Crippen LogP contribution in [0, 0.1) is 5.82 Å². The summed E-state index contributed by atoms with van der Waals surface area (Å²) in [7, 11) is 0. The van der Waals surface area contributed by atoms with Gasteiger partial charge < -0.3 is 4.74 Å². The molecule has 2 aromatic carbocycles. The summed E-state index contributed by atoms with van der Waals surface area (Å²) < 4.78 is 19.1. The highest BCUT2D eigenvalue weighted by atomic mass is 19.1. The Labute approximate surface area is 110 Å². The average molecular weight is 256 g/mol. The molecule has 3 rings (SSSR count). The number of aldehydes is 1. The van der Waals surface area contributed by atoms with Crippen LogP contribution in [0.25, 0.3) is 0 Å². The Hall–Kier alpha value is -2.16. The van der Waals surface area contributed by atoms with Gasteiger partial charge in [0, 0.05) is 0 Å². The van der Waals surface area contributed by atoms with E-state index in [0.717, 1.165) is 12.8 Å². The second-order valence-corrected chi connectivity index (χ2v) is 4.66. The Kier molecular flexibility index (Phi) is 3.03. The minimum atomic E-state index is -0.561. The van der Waals surface area contributed by atoms with E-state index in [1.807, 2.05) is 18.2 Å². The summed E-state index contributed by atoms with van der Waals surface area (Å²) in [6, 6.07) is 10.3. The number of aryl methyl sites for hydroxylation is 2. The van der Waals surface area contributed by atoms with Crippen molar-refractivity contribution in [1.29, 1.82) is 0 Å². The normalized spacial score (nSPS) is 13.1. The van der Waals surface area contributed by atoms with E-state index in [9.17, 15) is 9.18 Å². The van der Waals surface area contributed by atoms with E-state index in [1.54, 1.807) is 6.07 Å². The van der Waals surface area contributed by atoms with Gasteiger partial charge in [-0.2, -0.15) is 0 Å². The molecule has 0 aliphatic heterocycles. The van der Waals surface area contributed by atoms with E-state index in [4.69, 9.17) is 4.74 Å². The average Bonchev–Trinajstić information content (AvgIpc) is 2.86. The Morgan fingerprint density at radius 2 is 1.95 bits per heavy atom. The summed E-state index contributed by atoms with van der Waals surface area (Å²) >= 11 is 0. The SMILES string of the molecule is O=Cc1c(F)cccc1Oc1ccc2c(c1)CCC2. The first-order chi connectivity index (χ1) is 9.28. The lowest BCUT2D eigenvalue weighted by Gasteiger charge is -2.09. The van der Waals surface area contributed by atoms with Gasteiger partial charge in [0.25, 0.3) is 0 Å². The molecule has 96 valence electrons. The van der Waals surface area contributed by atoms with Crippen molar-refractivity contribution in [2.75, 3.05) is 0 Å². The molecule has 0 radical (unpaired) electrons. The molecule has 0 unspecified atom stereocenters. The summed E-state index contributed by atoms with van der Waals surface area (Å²) in [5, 5.41) is 0. The van der Waals surface area contributed by atoms with Gasteiger partial charge in [0.1, 0.15) is 17.3 Å². The van der Waals surface area contributed by atoms with Gasteiger partial charge in [-0.25, -0.2) is 4.39 Å². The number of hydrogen-bond donors (Lipinski definition) is 0. The topological polar surface area (TPSA) is 26.3 Å². The second kappa shape index (κ2) is 4.84. The van der Waals surface area contributed by atoms with E-state index in [1.165, 1.54) is 29.7 Å². The van der Waals surface area contributed by atoms with Crippen LogP contribution in [0.3, 0.4) is 0 Å². The molecule has 3 heteroatoms. The zero-order valence-corrected chi connectivity index (χ0v) is 10.4. The molecule has 0 aromatic heterocycles. The highest BCUT2D eigenvalue weighted by Crippen LogP contribution is 2.30. The summed E-state index contributed by atoms with van der Waals surface area (Å²) in [6.07, 6.45) is 3.81. The molecule has 19 heavy (non-hydrogen) atoms. The van der Waals surface area contributed by atoms with Gasteiger partial charge in [0.15, 0.2) is 6.29 Å². The predicted octanol–water partition coefficient (Wildman–Crippen LogP) is 3.92. The number of hydrogen-bond acceptors (Lipinski definition) is 2. The lowest BCUT2D eigenvalue weighted by molar-refractivity contribution is 0.111. The smallest absolute Gasteiger partial charge is 0.156 e. The van der Waals surface area contributed by atoms with Gasteiger partial charge in [-0.3, -0.25) is 4.79 Å². The molecule has 0 N–H and O–H groups in total. The maximum Gasteiger partial charge on any atom is 0.156 e. The summed E-state index contributed by atoms with van der Waals surface area (Å²) in [6.45, 7) is 0. The molecule has 0 saturated carbocycles. The van der Waals surface area contributed by atoms with E-state index in [2.05, 4.69) is 0 Å². The van der Waals surface area contributed by atoms with Crippen molar-refractivity contribution < 1.29 is 13.9 Å². The van der Waals surface area contributed by atoms with Gasteiger partial charge in [0.05, 0.1) is 5.56 Å². The lowest BCUT2D eigenvalue weighted by Crippen LogP contribution is -1.94. The van der Waals surface area contributed by atoms with Crippen LogP contribution in [0.1, 0.15) is 27.9 Å². The van der Waals surface area contributed by atoms with Crippen molar-refractivity contribution in [1.82, 2.24) is 0 Å². The van der Waals surface area contributed by atoms with Gasteiger partial charge in [-0.15, -0.1) is 0 Å². The molecule has 0 spiro atoms. The predicted molar refractivity (Wildman–Crippen MR) is 70.3 cm³/mol. The van der Waals surface area contributed by atoms with Gasteiger partial charge in [-0.05, 0) is 54.7 Å². The fourth-order valence-corrected chi connectivity index (χ4v) is 2.46. The zero-order valence-electron chi connectivity index (χ0n) is 10.4. The standard InChI is InChI=1S/C16H13FO2/c17-15-5-2-6-16(14(15)10-18)19-13-8-7-11-3-1-4-12(11)9-13/h2,5-10H,1,3-4H2. The first-order valence-corrected chi connectivity index (χ1v) is 6.31. The van der Waals surface area contributed by atoms with Crippen LogP contribution in [0.15, 0.2) is 36.4 Å². The molecular weight excluding hydrogens is 243 g/mol. The second-order valence-electron chi connectivity index (χ2n) is 4.66. The fraction of sp³-hybridized carbons (Fsp3) is 0.188. The summed E-state index contributed by atoms with van der Waals surface area (Å²) in [5.41, 5.74) is 2.59. The van der Waals surface area contributed by atoms with Crippen molar-refractivity contribution in [2.24, 2.45) is 0 Å². The molecule has 0 fully saturated rings. The van der Waals surface area contributed by atoms with Crippen LogP contribution in [-0.4, -0.2) is 6.29 Å². The molecule has 1 aliphatic carbocycles. The van der Waals surface area contributed by atoms with E-state index < -0.39 is 5.82 Å². The van der Waals surface area contributed by atoms with Crippen molar-refractivity contribution in [2.45, 2.75) is 19.3 Å². The molecule has 0 amide bonds. The van der Waals surface area contributed by atoms with E-state index >= 15 is 0 Å². The molecule has 0 saturated heterocycles. The molecule has 1 aliphatic rings. The Morgan fingerprint density at radius 1 is 1.11 bits per heavy atom. The molecule has 0 atom stereocenters. The monoisotopic (exact) mass is 256 g/mol. The molecule has 0 bridgehead atoms. The number of rotatable bonds is 3. The van der Waals surface area contributed by atoms with Crippen LogP contribution in [0.5, 0.6) is 11.5 Å². The number of carbonyl (C=O) groups excluding carboxylic acids is 1. The highest BCUT2D eigenvalue weighted by Gasteiger charge is 2.13. The molecule has 0 heterocycles. The molecule has 2 aromatic rings. The van der Waals surface area contributed by atoms with Crippen molar-refractivity contribution in [3.8, 4) is 11.5 Å². The van der Waals surface area contributed by atoms with Gasteiger partial charge in [0.2, 0.25) is 0 Å². The van der Waals surface area contributed by atoms with Crippen molar-refractivity contribution in [3.05, 3.63) is 58.9 Å². The van der Waals surface area contributed by atoms with Crippen LogP contribution in [-0.2, 0) is 12.8 Å². The Bertz CT molecular complexity index is 635. The minimum absolute atomic E-state index is 0.0389. The summed E-state index contributed by atoms with van der Waals surface area (Å²) in [4.78, 5) is 10.9. The highest BCUT2D eigenvalue weighted by molar-refractivity contribution is 5.79. The maximum absolute atomic E-state index is 13.5. The first kappa shape index (κ1) is 11.9. The maximum atomic E-state index is 13.5. The van der Waals surface area contributed by atoms with Crippen LogP contribution in [0.4, 0.5) is 4.39 Å². The van der Waals surface area contributed by atoms with Crippen LogP contribution in [0.2, 0.25) is 0 Å². The zero-order chi connectivity index (χ0) is 13.2. The third kappa shape index (κ3) is 2.24. The van der Waals surface area contributed by atoms with Crippen LogP contribution < -0.4 is 4.74 Å². The molecular formula is C16H13FO2. The number of benzene rings is 2. The minimum Gasteiger partial charge on any atom is -0.457 e. The van der Waals surface area contributed by atoms with Crippen molar-refractivity contribution >= 4 is 6.29 Å². The third-order valence-corrected chi connectivity index (χ3v) is 3.43. The Balaban J connectivity index is 1.93. The number of halogens is 1.